The standard InChI is InChI=1S/C24H28N6O4S2/c1-5-19(21-14-35-24(29-21)30-36(32,33)18-8-9-18)23(31)28-20-10-7-16(11-17(20)12-25)15(3)27-22(13-26-4)34-6-2/h7,10-11,13-14,18-19H,4-6,8-9H2,1-3H3,(H,28,31)(H,29,30)/b22-13+,27-15+. The van der Waals surface area contributed by atoms with Crippen molar-refractivity contribution in [2.24, 2.45) is 9.98 Å². The van der Waals surface area contributed by atoms with Crippen molar-refractivity contribution >= 4 is 50.5 Å². The molecule has 1 aromatic heterocycles. The van der Waals surface area contributed by atoms with Crippen molar-refractivity contribution in [3.63, 3.8) is 0 Å². The number of thiazole rings is 1. The first kappa shape index (κ1) is 27.0. The van der Waals surface area contributed by atoms with Crippen molar-refractivity contribution in [1.82, 2.24) is 4.98 Å². The Morgan fingerprint density at radius 3 is 2.78 bits per heavy atom. The molecule has 0 spiro atoms. The number of carbonyl (C=O) groups is 1. The highest BCUT2D eigenvalue weighted by atomic mass is 32.2. The van der Waals surface area contributed by atoms with E-state index in [2.05, 4.69) is 37.8 Å². The largest absolute Gasteiger partial charge is 0.477 e. The second-order valence-electron chi connectivity index (χ2n) is 8.03. The molecule has 2 aromatic rings. The Bertz CT molecular complexity index is 1340. The summed E-state index contributed by atoms with van der Waals surface area (Å²) in [6.07, 6.45) is 3.14. The molecular weight excluding hydrogens is 500 g/mol. The molecule has 1 fully saturated rings. The van der Waals surface area contributed by atoms with Crippen molar-refractivity contribution in [3.8, 4) is 6.07 Å². The summed E-state index contributed by atoms with van der Waals surface area (Å²) in [6, 6.07) is 7.13. The van der Waals surface area contributed by atoms with Gasteiger partial charge in [0.1, 0.15) is 6.07 Å². The average Bonchev–Trinajstić information content (AvgIpc) is 3.62. The zero-order valence-corrected chi connectivity index (χ0v) is 21.9. The van der Waals surface area contributed by atoms with Crippen LogP contribution in [0.3, 0.4) is 0 Å². The minimum atomic E-state index is -3.43. The van der Waals surface area contributed by atoms with Crippen LogP contribution in [0.4, 0.5) is 10.8 Å². The maximum Gasteiger partial charge on any atom is 0.237 e. The van der Waals surface area contributed by atoms with E-state index in [0.29, 0.717) is 54.4 Å². The van der Waals surface area contributed by atoms with E-state index >= 15 is 0 Å². The van der Waals surface area contributed by atoms with Gasteiger partial charge in [-0.3, -0.25) is 14.5 Å². The van der Waals surface area contributed by atoms with E-state index in [1.54, 1.807) is 30.5 Å². The summed E-state index contributed by atoms with van der Waals surface area (Å²) in [5, 5.41) is 14.0. The fourth-order valence-electron chi connectivity index (χ4n) is 3.35. The van der Waals surface area contributed by atoms with Gasteiger partial charge in [-0.1, -0.05) is 13.0 Å². The first-order valence-corrected chi connectivity index (χ1v) is 13.8. The highest BCUT2D eigenvalue weighted by Crippen LogP contribution is 2.32. The molecule has 0 aliphatic heterocycles. The Morgan fingerprint density at radius 1 is 1.42 bits per heavy atom. The van der Waals surface area contributed by atoms with E-state index in [1.807, 2.05) is 13.8 Å². The number of benzene rings is 1. The van der Waals surface area contributed by atoms with E-state index in [0.717, 1.165) is 11.3 Å². The fraction of sp³-hybridized carbons (Fsp3) is 0.375. The molecule has 1 aliphatic carbocycles. The van der Waals surface area contributed by atoms with Crippen molar-refractivity contribution in [3.05, 3.63) is 52.5 Å². The predicted octanol–water partition coefficient (Wildman–Crippen LogP) is 4.40. The molecule has 1 amide bonds. The summed E-state index contributed by atoms with van der Waals surface area (Å²) in [4.78, 5) is 25.5. The Kier molecular flexibility index (Phi) is 8.95. The topological polar surface area (TPSA) is 146 Å². The van der Waals surface area contributed by atoms with Gasteiger partial charge in [-0.05, 0) is 57.5 Å². The lowest BCUT2D eigenvalue weighted by atomic mass is 10.0. The Morgan fingerprint density at radius 2 is 2.17 bits per heavy atom. The smallest absolute Gasteiger partial charge is 0.237 e. The van der Waals surface area contributed by atoms with Crippen molar-refractivity contribution in [1.29, 1.82) is 5.26 Å². The number of hydrogen-bond acceptors (Lipinski definition) is 9. The summed E-state index contributed by atoms with van der Waals surface area (Å²) in [5.74, 6) is -0.651. The van der Waals surface area contributed by atoms with Crippen LogP contribution in [0.15, 0.2) is 45.6 Å². The molecule has 2 N–H and O–H groups in total. The first-order valence-electron chi connectivity index (χ1n) is 11.4. The SMILES string of the molecule is C=N/C=C(\N=C(/C)c1ccc(NC(=O)C(CC)c2csc(NS(=O)(=O)C3CC3)n2)c(C#N)c1)OCC. The molecule has 36 heavy (non-hydrogen) atoms. The number of amides is 1. The normalized spacial score (nSPS) is 15.1. The predicted molar refractivity (Wildman–Crippen MR) is 142 cm³/mol. The van der Waals surface area contributed by atoms with Crippen LogP contribution in [0.5, 0.6) is 0 Å². The number of nitriles is 1. The number of nitrogens with one attached hydrogen (secondary N) is 2. The zero-order chi connectivity index (χ0) is 26.3. The van der Waals surface area contributed by atoms with Crippen molar-refractivity contribution in [2.45, 2.75) is 51.2 Å². The number of nitrogens with zero attached hydrogens (tertiary/aromatic N) is 4. The summed E-state index contributed by atoms with van der Waals surface area (Å²) in [6.45, 7) is 9.26. The van der Waals surface area contributed by atoms with E-state index in [1.165, 1.54) is 6.20 Å². The Labute approximate surface area is 214 Å². The van der Waals surface area contributed by atoms with Gasteiger partial charge >= 0.3 is 0 Å². The number of sulfonamides is 1. The zero-order valence-electron chi connectivity index (χ0n) is 20.3. The van der Waals surface area contributed by atoms with Crippen LogP contribution >= 0.6 is 11.3 Å². The molecule has 3 rings (SSSR count). The molecule has 0 radical (unpaired) electrons. The van der Waals surface area contributed by atoms with Gasteiger partial charge in [-0.15, -0.1) is 11.3 Å². The quantitative estimate of drug-likeness (QED) is 0.308. The molecule has 0 bridgehead atoms. The fourth-order valence-corrected chi connectivity index (χ4v) is 5.71. The molecular formula is C24H28N6O4S2. The maximum absolute atomic E-state index is 13.1. The van der Waals surface area contributed by atoms with Gasteiger partial charge < -0.3 is 10.1 Å². The van der Waals surface area contributed by atoms with E-state index in [4.69, 9.17) is 4.74 Å². The molecule has 1 saturated carbocycles. The monoisotopic (exact) mass is 528 g/mol. The Balaban J connectivity index is 1.76. The number of rotatable bonds is 12. The van der Waals surface area contributed by atoms with Gasteiger partial charge in [0, 0.05) is 11.1 Å². The molecule has 1 unspecified atom stereocenters. The number of anilines is 2. The third-order valence-electron chi connectivity index (χ3n) is 5.38. The van der Waals surface area contributed by atoms with Gasteiger partial charge in [0.25, 0.3) is 0 Å². The van der Waals surface area contributed by atoms with Crippen molar-refractivity contribution < 1.29 is 17.9 Å². The second-order valence-corrected chi connectivity index (χ2v) is 10.8. The molecule has 1 aliphatic rings. The van der Waals surface area contributed by atoms with Gasteiger partial charge in [0.2, 0.25) is 21.8 Å². The van der Waals surface area contributed by atoms with Gasteiger partial charge in [-0.2, -0.15) is 5.26 Å². The van der Waals surface area contributed by atoms with Crippen LogP contribution in [-0.2, 0) is 19.6 Å². The molecule has 190 valence electrons. The van der Waals surface area contributed by atoms with Crippen LogP contribution in [0, 0.1) is 11.3 Å². The lowest BCUT2D eigenvalue weighted by Gasteiger charge is -2.14. The lowest BCUT2D eigenvalue weighted by Crippen LogP contribution is -2.22. The van der Waals surface area contributed by atoms with Crippen LogP contribution in [0.25, 0.3) is 0 Å². The Hall–Kier alpha value is -3.56. The highest BCUT2D eigenvalue weighted by Gasteiger charge is 2.36. The van der Waals surface area contributed by atoms with Crippen LogP contribution in [0.2, 0.25) is 0 Å². The van der Waals surface area contributed by atoms with Crippen LogP contribution in [0.1, 0.15) is 62.8 Å². The molecule has 12 heteroatoms. The van der Waals surface area contributed by atoms with Crippen molar-refractivity contribution in [2.75, 3.05) is 16.6 Å². The minimum absolute atomic E-state index is 0.243. The third-order valence-corrected chi connectivity index (χ3v) is 8.12. The number of ether oxygens (including phenoxy) is 1. The average molecular weight is 529 g/mol. The second kappa shape index (κ2) is 11.9. The lowest BCUT2D eigenvalue weighted by molar-refractivity contribution is -0.117. The summed E-state index contributed by atoms with van der Waals surface area (Å²) in [7, 11) is -3.43. The highest BCUT2D eigenvalue weighted by molar-refractivity contribution is 7.93. The number of aromatic nitrogens is 1. The van der Waals surface area contributed by atoms with E-state index in [-0.39, 0.29) is 21.9 Å². The molecule has 0 saturated heterocycles. The minimum Gasteiger partial charge on any atom is -0.477 e. The number of aliphatic imine (C=N–C) groups is 2. The van der Waals surface area contributed by atoms with Gasteiger partial charge in [0.05, 0.1) is 40.9 Å². The molecule has 1 heterocycles. The third kappa shape index (κ3) is 6.77. The van der Waals surface area contributed by atoms with Crippen LogP contribution < -0.4 is 10.0 Å². The van der Waals surface area contributed by atoms with E-state index < -0.39 is 15.9 Å². The van der Waals surface area contributed by atoms with Gasteiger partial charge in [-0.25, -0.2) is 18.4 Å². The summed E-state index contributed by atoms with van der Waals surface area (Å²) >= 11 is 1.14. The maximum atomic E-state index is 13.1. The van der Waals surface area contributed by atoms with E-state index in [9.17, 15) is 18.5 Å². The molecule has 1 aromatic carbocycles. The summed E-state index contributed by atoms with van der Waals surface area (Å²) in [5.41, 5.74) is 2.37. The molecule has 1 atom stereocenters. The number of carbonyl (C=O) groups excluding carboxylic acids is 1. The summed E-state index contributed by atoms with van der Waals surface area (Å²) < 4.78 is 32.3. The van der Waals surface area contributed by atoms with Gasteiger partial charge in [0.15, 0.2) is 5.13 Å². The molecule has 10 nitrogen and oxygen atoms in total. The first-order chi connectivity index (χ1) is 17.2. The van der Waals surface area contributed by atoms with Crippen LogP contribution in [-0.4, -0.2) is 43.6 Å². The number of hydrogen-bond donors (Lipinski definition) is 2.